The van der Waals surface area contributed by atoms with Gasteiger partial charge in [0.25, 0.3) is 0 Å². The summed E-state index contributed by atoms with van der Waals surface area (Å²) in [6.07, 6.45) is -2.86. The van der Waals surface area contributed by atoms with Gasteiger partial charge in [-0.25, -0.2) is 0 Å². The lowest BCUT2D eigenvalue weighted by atomic mass is 9.95. The van der Waals surface area contributed by atoms with Crippen LogP contribution in [0.1, 0.15) is 33.6 Å². The van der Waals surface area contributed by atoms with Crippen LogP contribution in [0.25, 0.3) is 0 Å². The van der Waals surface area contributed by atoms with Gasteiger partial charge in [0.05, 0.1) is 5.54 Å². The SMILES string of the molecule is CCCC(C)(N)C(=O)N1CCN(C(C)C(F)(F)F)CC1. The summed E-state index contributed by atoms with van der Waals surface area (Å²) in [5.41, 5.74) is 5.06. The fourth-order valence-corrected chi connectivity index (χ4v) is 2.51. The van der Waals surface area contributed by atoms with Crippen molar-refractivity contribution in [2.75, 3.05) is 26.2 Å². The minimum Gasteiger partial charge on any atom is -0.339 e. The van der Waals surface area contributed by atoms with Crippen LogP contribution in [0.2, 0.25) is 0 Å². The maximum atomic E-state index is 12.6. The summed E-state index contributed by atoms with van der Waals surface area (Å²) in [5, 5.41) is 0. The average molecular weight is 295 g/mol. The monoisotopic (exact) mass is 295 g/mol. The Morgan fingerprint density at radius 3 is 2.15 bits per heavy atom. The van der Waals surface area contributed by atoms with E-state index in [1.165, 1.54) is 4.90 Å². The number of amides is 1. The second-order valence-electron chi connectivity index (χ2n) is 5.71. The Labute approximate surface area is 118 Å². The first-order chi connectivity index (χ1) is 9.09. The van der Waals surface area contributed by atoms with Gasteiger partial charge in [-0.05, 0) is 20.3 Å². The minimum absolute atomic E-state index is 0.168. The topological polar surface area (TPSA) is 49.6 Å². The van der Waals surface area contributed by atoms with Crippen molar-refractivity contribution in [1.29, 1.82) is 0 Å². The second kappa shape index (κ2) is 6.30. The van der Waals surface area contributed by atoms with E-state index in [2.05, 4.69) is 0 Å². The number of rotatable bonds is 4. The molecule has 0 radical (unpaired) electrons. The van der Waals surface area contributed by atoms with Crippen LogP contribution < -0.4 is 5.73 Å². The van der Waals surface area contributed by atoms with E-state index in [0.29, 0.717) is 19.5 Å². The van der Waals surface area contributed by atoms with Gasteiger partial charge in [0.1, 0.15) is 6.04 Å². The molecule has 1 fully saturated rings. The molecule has 0 aromatic heterocycles. The van der Waals surface area contributed by atoms with Crippen molar-refractivity contribution in [2.24, 2.45) is 5.73 Å². The smallest absolute Gasteiger partial charge is 0.339 e. The first kappa shape index (κ1) is 17.2. The maximum absolute atomic E-state index is 12.6. The van der Waals surface area contributed by atoms with Crippen molar-refractivity contribution >= 4 is 5.91 Å². The number of hydrogen-bond donors (Lipinski definition) is 1. The number of hydrogen-bond acceptors (Lipinski definition) is 3. The van der Waals surface area contributed by atoms with Crippen LogP contribution >= 0.6 is 0 Å². The highest BCUT2D eigenvalue weighted by Crippen LogP contribution is 2.25. The summed E-state index contributed by atoms with van der Waals surface area (Å²) >= 11 is 0. The fourth-order valence-electron chi connectivity index (χ4n) is 2.51. The lowest BCUT2D eigenvalue weighted by Gasteiger charge is -2.41. The number of carbonyl (C=O) groups is 1. The zero-order valence-corrected chi connectivity index (χ0v) is 12.3. The summed E-state index contributed by atoms with van der Waals surface area (Å²) in [4.78, 5) is 15.2. The quantitative estimate of drug-likeness (QED) is 0.857. The van der Waals surface area contributed by atoms with Crippen LogP contribution in [0.4, 0.5) is 13.2 Å². The lowest BCUT2D eigenvalue weighted by Crippen LogP contribution is -2.60. The number of carbonyl (C=O) groups excluding carboxylic acids is 1. The molecule has 7 heteroatoms. The van der Waals surface area contributed by atoms with Gasteiger partial charge < -0.3 is 10.6 Å². The zero-order valence-electron chi connectivity index (χ0n) is 12.3. The van der Waals surface area contributed by atoms with Crippen LogP contribution in [0.3, 0.4) is 0 Å². The van der Waals surface area contributed by atoms with E-state index < -0.39 is 17.8 Å². The number of halogens is 3. The Kier molecular flexibility index (Phi) is 5.43. The molecule has 2 N–H and O–H groups in total. The Morgan fingerprint density at radius 2 is 1.75 bits per heavy atom. The lowest BCUT2D eigenvalue weighted by molar-refractivity contribution is -0.183. The van der Waals surface area contributed by atoms with Crippen molar-refractivity contribution < 1.29 is 18.0 Å². The molecule has 1 aliphatic rings. The molecule has 0 saturated carbocycles. The van der Waals surface area contributed by atoms with Crippen LogP contribution in [-0.4, -0.2) is 59.6 Å². The van der Waals surface area contributed by atoms with Gasteiger partial charge in [-0.15, -0.1) is 0 Å². The van der Waals surface area contributed by atoms with E-state index in [9.17, 15) is 18.0 Å². The summed E-state index contributed by atoms with van der Waals surface area (Å²) in [6.45, 7) is 5.85. The third-order valence-electron chi connectivity index (χ3n) is 3.88. The van der Waals surface area contributed by atoms with Crippen LogP contribution in [-0.2, 0) is 4.79 Å². The molecule has 0 spiro atoms. The summed E-state index contributed by atoms with van der Waals surface area (Å²) in [7, 11) is 0. The molecular weight excluding hydrogens is 271 g/mol. The van der Waals surface area contributed by atoms with Crippen molar-refractivity contribution in [1.82, 2.24) is 9.80 Å². The van der Waals surface area contributed by atoms with Gasteiger partial charge in [-0.2, -0.15) is 13.2 Å². The predicted octanol–water partition coefficient (Wildman–Crippen LogP) is 1.60. The van der Waals surface area contributed by atoms with Crippen molar-refractivity contribution in [3.05, 3.63) is 0 Å². The average Bonchev–Trinajstić information content (AvgIpc) is 2.36. The van der Waals surface area contributed by atoms with Gasteiger partial charge >= 0.3 is 6.18 Å². The van der Waals surface area contributed by atoms with Crippen LogP contribution in [0.5, 0.6) is 0 Å². The van der Waals surface area contributed by atoms with E-state index in [-0.39, 0.29) is 19.0 Å². The Balaban J connectivity index is 2.56. The van der Waals surface area contributed by atoms with Crippen LogP contribution in [0.15, 0.2) is 0 Å². The molecule has 0 aromatic rings. The molecule has 0 aromatic carbocycles. The van der Waals surface area contributed by atoms with E-state index in [4.69, 9.17) is 5.73 Å². The Morgan fingerprint density at radius 1 is 1.25 bits per heavy atom. The highest BCUT2D eigenvalue weighted by Gasteiger charge is 2.42. The molecular formula is C13H24F3N3O. The minimum atomic E-state index is -4.23. The standard InChI is InChI=1S/C13H24F3N3O/c1-4-5-12(3,17)11(20)19-8-6-18(7-9-19)10(2)13(14,15)16/h10H,4-9,17H2,1-3H3. The Bertz CT molecular complexity index is 336. The molecule has 1 amide bonds. The third kappa shape index (κ3) is 4.09. The van der Waals surface area contributed by atoms with E-state index in [1.807, 2.05) is 6.92 Å². The van der Waals surface area contributed by atoms with Gasteiger partial charge in [0, 0.05) is 26.2 Å². The molecule has 1 rings (SSSR count). The van der Waals surface area contributed by atoms with Crippen molar-refractivity contribution in [3.8, 4) is 0 Å². The number of nitrogens with two attached hydrogens (primary N) is 1. The third-order valence-corrected chi connectivity index (χ3v) is 3.88. The summed E-state index contributed by atoms with van der Waals surface area (Å²) in [6, 6.07) is -1.47. The van der Waals surface area contributed by atoms with Crippen molar-refractivity contribution in [2.45, 2.75) is 51.4 Å². The number of alkyl halides is 3. The number of nitrogens with zero attached hydrogens (tertiary/aromatic N) is 2. The van der Waals surface area contributed by atoms with Gasteiger partial charge in [-0.3, -0.25) is 9.69 Å². The Hall–Kier alpha value is -0.820. The molecule has 0 bridgehead atoms. The first-order valence-electron chi connectivity index (χ1n) is 6.98. The molecule has 20 heavy (non-hydrogen) atoms. The maximum Gasteiger partial charge on any atom is 0.403 e. The van der Waals surface area contributed by atoms with Gasteiger partial charge in [0.2, 0.25) is 5.91 Å². The normalized spacial score (nSPS) is 22.4. The molecule has 1 aliphatic heterocycles. The van der Waals surface area contributed by atoms with E-state index in [0.717, 1.165) is 13.3 Å². The molecule has 2 unspecified atom stereocenters. The van der Waals surface area contributed by atoms with E-state index in [1.54, 1.807) is 11.8 Å². The molecule has 4 nitrogen and oxygen atoms in total. The second-order valence-corrected chi connectivity index (χ2v) is 5.71. The molecule has 118 valence electrons. The van der Waals surface area contributed by atoms with Gasteiger partial charge in [0.15, 0.2) is 0 Å². The predicted molar refractivity (Wildman–Crippen MR) is 71.2 cm³/mol. The first-order valence-corrected chi connectivity index (χ1v) is 6.98. The molecule has 1 heterocycles. The summed E-state index contributed by atoms with van der Waals surface area (Å²) in [5.74, 6) is -0.168. The zero-order chi connectivity index (χ0) is 15.6. The highest BCUT2D eigenvalue weighted by atomic mass is 19.4. The molecule has 2 atom stereocenters. The molecule has 0 aliphatic carbocycles. The fraction of sp³-hybridized carbons (Fsp3) is 0.923. The van der Waals surface area contributed by atoms with E-state index >= 15 is 0 Å². The summed E-state index contributed by atoms with van der Waals surface area (Å²) < 4.78 is 37.9. The number of piperazine rings is 1. The highest BCUT2D eigenvalue weighted by molar-refractivity contribution is 5.85. The molecule has 1 saturated heterocycles. The largest absolute Gasteiger partial charge is 0.403 e. The van der Waals surface area contributed by atoms with Gasteiger partial charge in [-0.1, -0.05) is 13.3 Å². The van der Waals surface area contributed by atoms with Crippen LogP contribution in [0, 0.1) is 0 Å². The van der Waals surface area contributed by atoms with Crippen molar-refractivity contribution in [3.63, 3.8) is 0 Å².